The van der Waals surface area contributed by atoms with E-state index in [1.54, 1.807) is 22.7 Å². The molecule has 0 nitrogen and oxygen atoms in total. The summed E-state index contributed by atoms with van der Waals surface area (Å²) < 4.78 is 0. The molecule has 2 aromatic heterocycles. The van der Waals surface area contributed by atoms with Gasteiger partial charge in [-0.2, -0.15) is 0 Å². The minimum absolute atomic E-state index is 0.119. The molecule has 2 aromatic rings. The lowest BCUT2D eigenvalue weighted by atomic mass is 10.1. The zero-order valence-electron chi connectivity index (χ0n) is 8.79. The Bertz CT molecular complexity index is 428. The zero-order valence-corrected chi connectivity index (χ0v) is 11.2. The zero-order chi connectivity index (χ0) is 10.8. The molecule has 1 unspecified atom stereocenters. The molecule has 2 rings (SSSR count). The molecular formula is C12H13ClS2. The summed E-state index contributed by atoms with van der Waals surface area (Å²) >= 11 is 10.00. The fraction of sp³-hybridized carbons (Fsp3) is 0.333. The summed E-state index contributed by atoms with van der Waals surface area (Å²) in [6.07, 6.45) is 0.941. The topological polar surface area (TPSA) is 0 Å². The smallest absolute Gasteiger partial charge is 0.0644 e. The summed E-state index contributed by atoms with van der Waals surface area (Å²) in [5.41, 5.74) is 2.66. The fourth-order valence-corrected chi connectivity index (χ4v) is 3.81. The standard InChI is InChI=1S/C12H13ClS2/c1-8-9(2)15-7-11(8)12(13)6-10-4-3-5-14-10/h3-5,7,12H,6H2,1-2H3. The molecule has 15 heavy (non-hydrogen) atoms. The molecule has 0 aliphatic rings. The Kier molecular flexibility index (Phi) is 3.49. The van der Waals surface area contributed by atoms with Crippen molar-refractivity contribution in [3.8, 4) is 0 Å². The Labute approximate surface area is 104 Å². The van der Waals surface area contributed by atoms with Gasteiger partial charge in [-0.05, 0) is 41.8 Å². The molecule has 3 heteroatoms. The molecule has 80 valence electrons. The second kappa shape index (κ2) is 4.69. The van der Waals surface area contributed by atoms with E-state index in [1.807, 2.05) is 0 Å². The third-order valence-electron chi connectivity index (χ3n) is 2.62. The van der Waals surface area contributed by atoms with Crippen molar-refractivity contribution in [3.63, 3.8) is 0 Å². The maximum atomic E-state index is 6.43. The van der Waals surface area contributed by atoms with Gasteiger partial charge in [0.25, 0.3) is 0 Å². The van der Waals surface area contributed by atoms with Gasteiger partial charge >= 0.3 is 0 Å². The molecular weight excluding hydrogens is 244 g/mol. The van der Waals surface area contributed by atoms with Gasteiger partial charge in [0.15, 0.2) is 0 Å². The molecule has 2 heterocycles. The van der Waals surface area contributed by atoms with Crippen LogP contribution in [0.25, 0.3) is 0 Å². The van der Waals surface area contributed by atoms with Crippen LogP contribution in [-0.4, -0.2) is 0 Å². The molecule has 0 N–H and O–H groups in total. The maximum absolute atomic E-state index is 6.43. The monoisotopic (exact) mass is 256 g/mol. The number of rotatable bonds is 3. The summed E-state index contributed by atoms with van der Waals surface area (Å²) in [7, 11) is 0. The van der Waals surface area contributed by atoms with Crippen molar-refractivity contribution in [3.05, 3.63) is 43.8 Å². The second-order valence-corrected chi connectivity index (χ2v) is 6.27. The van der Waals surface area contributed by atoms with Crippen LogP contribution in [0.3, 0.4) is 0 Å². The Morgan fingerprint density at radius 2 is 2.13 bits per heavy atom. The summed E-state index contributed by atoms with van der Waals surface area (Å²) in [5.74, 6) is 0. The Balaban J connectivity index is 2.14. The Morgan fingerprint density at radius 1 is 1.33 bits per heavy atom. The third-order valence-corrected chi connectivity index (χ3v) is 4.94. The molecule has 0 bridgehead atoms. The van der Waals surface area contributed by atoms with Crippen LogP contribution >= 0.6 is 34.3 Å². The van der Waals surface area contributed by atoms with Crippen molar-refractivity contribution in [2.45, 2.75) is 25.6 Å². The van der Waals surface area contributed by atoms with Crippen LogP contribution in [-0.2, 0) is 6.42 Å². The lowest BCUT2D eigenvalue weighted by Crippen LogP contribution is -1.94. The third kappa shape index (κ3) is 2.44. The van der Waals surface area contributed by atoms with E-state index in [0.29, 0.717) is 0 Å². The van der Waals surface area contributed by atoms with Gasteiger partial charge in [-0.3, -0.25) is 0 Å². The number of alkyl halides is 1. The molecule has 0 radical (unpaired) electrons. The van der Waals surface area contributed by atoms with Gasteiger partial charge in [0.2, 0.25) is 0 Å². The average Bonchev–Trinajstić information content (AvgIpc) is 2.79. The Morgan fingerprint density at radius 3 is 2.67 bits per heavy atom. The normalized spacial score (nSPS) is 13.0. The average molecular weight is 257 g/mol. The summed E-state index contributed by atoms with van der Waals surface area (Å²) in [5, 5.41) is 4.41. The van der Waals surface area contributed by atoms with Crippen molar-refractivity contribution in [1.29, 1.82) is 0 Å². The number of halogens is 1. The van der Waals surface area contributed by atoms with Crippen molar-refractivity contribution >= 4 is 34.3 Å². The van der Waals surface area contributed by atoms with E-state index in [1.165, 1.54) is 20.9 Å². The number of hydrogen-bond donors (Lipinski definition) is 0. The summed E-state index contributed by atoms with van der Waals surface area (Å²) in [6, 6.07) is 4.23. The highest BCUT2D eigenvalue weighted by Gasteiger charge is 2.14. The van der Waals surface area contributed by atoms with E-state index in [4.69, 9.17) is 11.6 Å². The van der Waals surface area contributed by atoms with Gasteiger partial charge in [0, 0.05) is 16.2 Å². The molecule has 0 aliphatic carbocycles. The minimum Gasteiger partial charge on any atom is -0.149 e. The van der Waals surface area contributed by atoms with E-state index in [9.17, 15) is 0 Å². The quantitative estimate of drug-likeness (QED) is 0.682. The predicted molar refractivity (Wildman–Crippen MR) is 70.4 cm³/mol. The first-order valence-corrected chi connectivity index (χ1v) is 7.09. The van der Waals surface area contributed by atoms with Gasteiger partial charge < -0.3 is 0 Å². The highest BCUT2D eigenvalue weighted by Crippen LogP contribution is 2.33. The molecule has 0 saturated heterocycles. The highest BCUT2D eigenvalue weighted by atomic mass is 35.5. The van der Waals surface area contributed by atoms with Crippen LogP contribution in [0.4, 0.5) is 0 Å². The van der Waals surface area contributed by atoms with Gasteiger partial charge in [-0.25, -0.2) is 0 Å². The Hall–Kier alpha value is -0.310. The van der Waals surface area contributed by atoms with Crippen molar-refractivity contribution in [1.82, 2.24) is 0 Å². The fourth-order valence-electron chi connectivity index (χ4n) is 1.56. The van der Waals surface area contributed by atoms with Crippen molar-refractivity contribution in [2.75, 3.05) is 0 Å². The van der Waals surface area contributed by atoms with Crippen LogP contribution in [0.15, 0.2) is 22.9 Å². The van der Waals surface area contributed by atoms with Crippen LogP contribution in [0.5, 0.6) is 0 Å². The van der Waals surface area contributed by atoms with Crippen LogP contribution in [0, 0.1) is 13.8 Å². The van der Waals surface area contributed by atoms with Gasteiger partial charge in [-0.1, -0.05) is 6.07 Å². The van der Waals surface area contributed by atoms with Crippen molar-refractivity contribution in [2.24, 2.45) is 0 Å². The maximum Gasteiger partial charge on any atom is 0.0644 e. The van der Waals surface area contributed by atoms with Crippen LogP contribution in [0.2, 0.25) is 0 Å². The predicted octanol–water partition coefficient (Wildman–Crippen LogP) is 4.95. The van der Waals surface area contributed by atoms with Gasteiger partial charge in [-0.15, -0.1) is 34.3 Å². The molecule has 0 amide bonds. The van der Waals surface area contributed by atoms with E-state index < -0.39 is 0 Å². The molecule has 1 atom stereocenters. The first-order valence-electron chi connectivity index (χ1n) is 4.89. The first-order chi connectivity index (χ1) is 7.18. The molecule has 0 saturated carbocycles. The molecule has 0 aliphatic heterocycles. The number of hydrogen-bond acceptors (Lipinski definition) is 2. The lowest BCUT2D eigenvalue weighted by molar-refractivity contribution is 0.932. The first kappa shape index (κ1) is 11.2. The van der Waals surface area contributed by atoms with Crippen molar-refractivity contribution < 1.29 is 0 Å². The largest absolute Gasteiger partial charge is 0.149 e. The van der Waals surface area contributed by atoms with E-state index in [0.717, 1.165) is 6.42 Å². The number of thiophene rings is 2. The molecule has 0 spiro atoms. The van der Waals surface area contributed by atoms with E-state index in [-0.39, 0.29) is 5.38 Å². The summed E-state index contributed by atoms with van der Waals surface area (Å²) in [6.45, 7) is 4.31. The van der Waals surface area contributed by atoms with Gasteiger partial charge in [0.1, 0.15) is 0 Å². The van der Waals surface area contributed by atoms with Gasteiger partial charge in [0.05, 0.1) is 5.38 Å². The van der Waals surface area contributed by atoms with E-state index in [2.05, 4.69) is 36.7 Å². The molecule has 0 fully saturated rings. The second-order valence-electron chi connectivity index (χ2n) is 3.62. The SMILES string of the molecule is Cc1scc(C(Cl)Cc2cccs2)c1C. The lowest BCUT2D eigenvalue weighted by Gasteiger charge is -2.07. The van der Waals surface area contributed by atoms with Crippen LogP contribution < -0.4 is 0 Å². The van der Waals surface area contributed by atoms with E-state index >= 15 is 0 Å². The summed E-state index contributed by atoms with van der Waals surface area (Å²) in [4.78, 5) is 2.74. The number of aryl methyl sites for hydroxylation is 1. The highest BCUT2D eigenvalue weighted by molar-refractivity contribution is 7.10. The van der Waals surface area contributed by atoms with Crippen LogP contribution in [0.1, 0.15) is 26.3 Å². The minimum atomic E-state index is 0.119. The molecule has 0 aromatic carbocycles.